The summed E-state index contributed by atoms with van der Waals surface area (Å²) in [5, 5.41) is 2.85. The number of benzene rings is 1. The molecule has 0 heterocycles. The first-order chi connectivity index (χ1) is 10.9. The molecule has 6 heteroatoms. The summed E-state index contributed by atoms with van der Waals surface area (Å²) >= 11 is 3.39. The van der Waals surface area contributed by atoms with Crippen LogP contribution in [0.15, 0.2) is 22.7 Å². The molecule has 1 aliphatic carbocycles. The SMILES string of the molecule is Cc1cc(Br)ccc1NC(=O)CN(C)C(=O)C[C@@H]1CCC[C@H]1N. The standard InChI is InChI=1S/C17H24BrN3O2/c1-11-8-13(18)6-7-15(11)20-16(22)10-21(2)17(23)9-12-4-3-5-14(12)19/h6-8,12,14H,3-5,9-10,19H2,1-2H3,(H,20,22)/t12-,14+/m0/s1. The summed E-state index contributed by atoms with van der Waals surface area (Å²) in [5.41, 5.74) is 7.74. The van der Waals surface area contributed by atoms with E-state index in [0.29, 0.717) is 6.42 Å². The van der Waals surface area contributed by atoms with E-state index in [1.807, 2.05) is 25.1 Å². The summed E-state index contributed by atoms with van der Waals surface area (Å²) < 4.78 is 0.966. The second kappa shape index (κ2) is 7.93. The molecular formula is C17H24BrN3O2. The van der Waals surface area contributed by atoms with Gasteiger partial charge < -0.3 is 16.0 Å². The number of hydrogen-bond donors (Lipinski definition) is 2. The summed E-state index contributed by atoms with van der Waals surface area (Å²) in [7, 11) is 1.66. The first-order valence-corrected chi connectivity index (χ1v) is 8.71. The molecule has 0 spiro atoms. The van der Waals surface area contributed by atoms with Gasteiger partial charge in [0.2, 0.25) is 11.8 Å². The Bertz CT molecular complexity index is 591. The largest absolute Gasteiger partial charge is 0.336 e. The zero-order chi connectivity index (χ0) is 17.0. The Morgan fingerprint density at radius 2 is 2.13 bits per heavy atom. The van der Waals surface area contributed by atoms with Crippen LogP contribution in [0.25, 0.3) is 0 Å². The third-order valence-corrected chi connectivity index (χ3v) is 4.92. The van der Waals surface area contributed by atoms with Crippen molar-refractivity contribution in [2.45, 2.75) is 38.6 Å². The molecule has 5 nitrogen and oxygen atoms in total. The molecule has 0 bridgehead atoms. The molecule has 1 saturated carbocycles. The van der Waals surface area contributed by atoms with Gasteiger partial charge in [-0.15, -0.1) is 0 Å². The van der Waals surface area contributed by atoms with Gasteiger partial charge in [0.1, 0.15) is 0 Å². The Morgan fingerprint density at radius 3 is 2.74 bits per heavy atom. The monoisotopic (exact) mass is 381 g/mol. The third kappa shape index (κ3) is 5.04. The van der Waals surface area contributed by atoms with Gasteiger partial charge in [-0.3, -0.25) is 9.59 Å². The second-order valence-corrected chi connectivity index (χ2v) is 7.23. The average Bonchev–Trinajstić information content (AvgIpc) is 2.87. The minimum Gasteiger partial charge on any atom is -0.336 e. The van der Waals surface area contributed by atoms with Crippen molar-refractivity contribution in [2.75, 3.05) is 18.9 Å². The molecule has 3 N–H and O–H groups in total. The van der Waals surface area contributed by atoms with Crippen LogP contribution in [0, 0.1) is 12.8 Å². The Balaban J connectivity index is 1.85. The van der Waals surface area contributed by atoms with Gasteiger partial charge in [0, 0.05) is 29.7 Å². The van der Waals surface area contributed by atoms with Crippen LogP contribution in [0.2, 0.25) is 0 Å². The van der Waals surface area contributed by atoms with Crippen molar-refractivity contribution in [2.24, 2.45) is 11.7 Å². The number of hydrogen-bond acceptors (Lipinski definition) is 3. The Labute approximate surface area is 145 Å². The second-order valence-electron chi connectivity index (χ2n) is 6.32. The average molecular weight is 382 g/mol. The number of aryl methyl sites for hydroxylation is 1. The topological polar surface area (TPSA) is 75.4 Å². The van der Waals surface area contributed by atoms with E-state index >= 15 is 0 Å². The van der Waals surface area contributed by atoms with Gasteiger partial charge in [-0.2, -0.15) is 0 Å². The fourth-order valence-electron chi connectivity index (χ4n) is 2.96. The van der Waals surface area contributed by atoms with Gasteiger partial charge in [0.05, 0.1) is 6.54 Å². The van der Waals surface area contributed by atoms with Crippen LogP contribution in [0.5, 0.6) is 0 Å². The molecule has 0 aliphatic heterocycles. The number of nitrogens with zero attached hydrogens (tertiary/aromatic N) is 1. The van der Waals surface area contributed by atoms with E-state index in [4.69, 9.17) is 5.73 Å². The molecule has 2 amide bonds. The van der Waals surface area contributed by atoms with Gasteiger partial charge in [-0.05, 0) is 49.4 Å². The Kier molecular flexibility index (Phi) is 6.18. The van der Waals surface area contributed by atoms with Crippen molar-refractivity contribution in [1.29, 1.82) is 0 Å². The molecule has 0 unspecified atom stereocenters. The maximum Gasteiger partial charge on any atom is 0.243 e. The Morgan fingerprint density at radius 1 is 1.39 bits per heavy atom. The highest BCUT2D eigenvalue weighted by molar-refractivity contribution is 9.10. The summed E-state index contributed by atoms with van der Waals surface area (Å²) in [6.45, 7) is 1.98. The van der Waals surface area contributed by atoms with Crippen molar-refractivity contribution >= 4 is 33.4 Å². The molecule has 23 heavy (non-hydrogen) atoms. The lowest BCUT2D eigenvalue weighted by Crippen LogP contribution is -2.37. The zero-order valence-electron chi connectivity index (χ0n) is 13.6. The number of anilines is 1. The number of carbonyl (C=O) groups excluding carboxylic acids is 2. The van der Waals surface area contributed by atoms with Crippen LogP contribution in [0.1, 0.15) is 31.2 Å². The van der Waals surface area contributed by atoms with E-state index < -0.39 is 0 Å². The van der Waals surface area contributed by atoms with Gasteiger partial charge >= 0.3 is 0 Å². The number of nitrogens with two attached hydrogens (primary N) is 1. The van der Waals surface area contributed by atoms with Crippen molar-refractivity contribution in [1.82, 2.24) is 4.90 Å². The molecule has 2 rings (SSSR count). The van der Waals surface area contributed by atoms with E-state index in [9.17, 15) is 9.59 Å². The predicted octanol–water partition coefficient (Wildman–Crippen LogP) is 2.67. The van der Waals surface area contributed by atoms with Crippen LogP contribution in [0.3, 0.4) is 0 Å². The minimum absolute atomic E-state index is 0.0185. The summed E-state index contributed by atoms with van der Waals surface area (Å²) in [6.07, 6.45) is 3.52. The maximum atomic E-state index is 12.2. The highest BCUT2D eigenvalue weighted by Crippen LogP contribution is 2.27. The van der Waals surface area contributed by atoms with Crippen LogP contribution in [-0.4, -0.2) is 36.3 Å². The van der Waals surface area contributed by atoms with Crippen LogP contribution >= 0.6 is 15.9 Å². The number of nitrogens with one attached hydrogen (secondary N) is 1. The lowest BCUT2D eigenvalue weighted by molar-refractivity contribution is -0.134. The summed E-state index contributed by atoms with van der Waals surface area (Å²) in [6, 6.07) is 5.77. The molecule has 0 saturated heterocycles. The van der Waals surface area contributed by atoms with Gasteiger partial charge in [0.25, 0.3) is 0 Å². The fraction of sp³-hybridized carbons (Fsp3) is 0.529. The fourth-order valence-corrected chi connectivity index (χ4v) is 3.44. The third-order valence-electron chi connectivity index (χ3n) is 4.42. The molecule has 1 aromatic rings. The van der Waals surface area contributed by atoms with Crippen LogP contribution in [-0.2, 0) is 9.59 Å². The lowest BCUT2D eigenvalue weighted by atomic mass is 9.99. The molecule has 0 aromatic heterocycles. The Hall–Kier alpha value is -1.40. The van der Waals surface area contributed by atoms with E-state index in [-0.39, 0.29) is 30.3 Å². The van der Waals surface area contributed by atoms with Crippen molar-refractivity contribution in [3.63, 3.8) is 0 Å². The molecular weight excluding hydrogens is 358 g/mol. The van der Waals surface area contributed by atoms with Crippen molar-refractivity contribution in [3.05, 3.63) is 28.2 Å². The zero-order valence-corrected chi connectivity index (χ0v) is 15.2. The smallest absolute Gasteiger partial charge is 0.243 e. The van der Waals surface area contributed by atoms with Crippen molar-refractivity contribution in [3.8, 4) is 0 Å². The van der Waals surface area contributed by atoms with E-state index in [1.165, 1.54) is 4.90 Å². The quantitative estimate of drug-likeness (QED) is 0.822. The van der Waals surface area contributed by atoms with E-state index in [0.717, 1.165) is 35.0 Å². The first-order valence-electron chi connectivity index (χ1n) is 7.92. The number of halogens is 1. The van der Waals surface area contributed by atoms with E-state index in [2.05, 4.69) is 21.2 Å². The molecule has 126 valence electrons. The predicted molar refractivity (Wildman–Crippen MR) is 95.1 cm³/mol. The minimum atomic E-state index is -0.193. The highest BCUT2D eigenvalue weighted by atomic mass is 79.9. The first kappa shape index (κ1) is 17.9. The van der Waals surface area contributed by atoms with E-state index in [1.54, 1.807) is 7.05 Å². The van der Waals surface area contributed by atoms with Crippen LogP contribution < -0.4 is 11.1 Å². The number of carbonyl (C=O) groups is 2. The van der Waals surface area contributed by atoms with Gasteiger partial charge in [-0.25, -0.2) is 0 Å². The normalized spacial score (nSPS) is 20.3. The number of rotatable bonds is 5. The highest BCUT2D eigenvalue weighted by Gasteiger charge is 2.27. The summed E-state index contributed by atoms with van der Waals surface area (Å²) in [4.78, 5) is 25.8. The molecule has 0 radical (unpaired) electrons. The molecule has 2 atom stereocenters. The van der Waals surface area contributed by atoms with Gasteiger partial charge in [0.15, 0.2) is 0 Å². The van der Waals surface area contributed by atoms with Crippen molar-refractivity contribution < 1.29 is 9.59 Å². The summed E-state index contributed by atoms with van der Waals surface area (Å²) in [5.74, 6) is 0.0405. The maximum absolute atomic E-state index is 12.2. The van der Waals surface area contributed by atoms with Crippen LogP contribution in [0.4, 0.5) is 5.69 Å². The number of amides is 2. The lowest BCUT2D eigenvalue weighted by Gasteiger charge is -2.21. The molecule has 1 aliphatic rings. The molecule has 1 fully saturated rings. The molecule has 1 aromatic carbocycles. The number of likely N-dealkylation sites (N-methyl/N-ethyl adjacent to an activating group) is 1. The van der Waals surface area contributed by atoms with Gasteiger partial charge in [-0.1, -0.05) is 22.4 Å².